The second kappa shape index (κ2) is 7.58. The Kier molecular flexibility index (Phi) is 6.40. The van der Waals surface area contributed by atoms with Gasteiger partial charge in [0.15, 0.2) is 0 Å². The van der Waals surface area contributed by atoms with Crippen molar-refractivity contribution < 1.29 is 13.8 Å². The van der Waals surface area contributed by atoms with E-state index in [-0.39, 0.29) is 17.4 Å². The van der Waals surface area contributed by atoms with Crippen LogP contribution in [-0.4, -0.2) is 45.4 Å². The molecule has 0 N–H and O–H groups in total. The van der Waals surface area contributed by atoms with Crippen LogP contribution in [0.2, 0.25) is 0 Å². The maximum Gasteiger partial charge on any atom is 0.235 e. The van der Waals surface area contributed by atoms with Gasteiger partial charge in [0.25, 0.3) is 0 Å². The maximum absolute atomic E-state index is 11.8. The number of Topliss-reactive ketones (excluding diaryl/α,β-unsaturated/α-hetero) is 1. The SMILES string of the molecule is CCCCCS(=O)CC(=O)N1CCC(=O)CC1. The summed E-state index contributed by atoms with van der Waals surface area (Å²) in [6.07, 6.45) is 3.99. The first-order valence-corrected chi connectivity index (χ1v) is 7.76. The van der Waals surface area contributed by atoms with Crippen LogP contribution in [0.15, 0.2) is 0 Å². The molecule has 0 aromatic carbocycles. The first-order chi connectivity index (χ1) is 8.13. The molecule has 0 saturated carbocycles. The summed E-state index contributed by atoms with van der Waals surface area (Å²) in [6.45, 7) is 3.10. The first kappa shape index (κ1) is 14.4. The minimum absolute atomic E-state index is 0.0627. The zero-order valence-electron chi connectivity index (χ0n) is 10.4. The Hall–Kier alpha value is -0.710. The van der Waals surface area contributed by atoms with Crippen molar-refractivity contribution in [2.24, 2.45) is 0 Å². The Labute approximate surface area is 105 Å². The first-order valence-electron chi connectivity index (χ1n) is 6.28. The largest absolute Gasteiger partial charge is 0.341 e. The summed E-state index contributed by atoms with van der Waals surface area (Å²) in [6, 6.07) is 0. The summed E-state index contributed by atoms with van der Waals surface area (Å²) >= 11 is 0. The van der Waals surface area contributed by atoms with Gasteiger partial charge in [0, 0.05) is 42.5 Å². The van der Waals surface area contributed by atoms with E-state index >= 15 is 0 Å². The highest BCUT2D eigenvalue weighted by molar-refractivity contribution is 7.85. The molecule has 4 nitrogen and oxygen atoms in total. The molecule has 0 aromatic heterocycles. The molecule has 98 valence electrons. The summed E-state index contributed by atoms with van der Waals surface area (Å²) in [7, 11) is -1.04. The van der Waals surface area contributed by atoms with Gasteiger partial charge in [0.2, 0.25) is 5.91 Å². The summed E-state index contributed by atoms with van der Waals surface area (Å²) in [5.41, 5.74) is 0. The van der Waals surface area contributed by atoms with E-state index in [9.17, 15) is 13.8 Å². The number of hydrogen-bond donors (Lipinski definition) is 0. The van der Waals surface area contributed by atoms with Crippen molar-refractivity contribution in [3.8, 4) is 0 Å². The fraction of sp³-hybridized carbons (Fsp3) is 0.833. The van der Waals surface area contributed by atoms with Gasteiger partial charge in [-0.15, -0.1) is 0 Å². The summed E-state index contributed by atoms with van der Waals surface area (Å²) < 4.78 is 11.6. The molecule has 5 heteroatoms. The van der Waals surface area contributed by atoms with Crippen molar-refractivity contribution in [3.63, 3.8) is 0 Å². The molecule has 1 unspecified atom stereocenters. The lowest BCUT2D eigenvalue weighted by Gasteiger charge is -2.25. The Morgan fingerprint density at radius 1 is 1.29 bits per heavy atom. The third-order valence-corrected chi connectivity index (χ3v) is 4.25. The minimum Gasteiger partial charge on any atom is -0.341 e. The lowest BCUT2D eigenvalue weighted by molar-refractivity contribution is -0.132. The number of rotatable bonds is 6. The highest BCUT2D eigenvalue weighted by atomic mass is 32.2. The summed E-state index contributed by atoms with van der Waals surface area (Å²) in [5.74, 6) is 0.898. The second-order valence-electron chi connectivity index (χ2n) is 4.41. The van der Waals surface area contributed by atoms with Crippen molar-refractivity contribution in [2.45, 2.75) is 39.0 Å². The highest BCUT2D eigenvalue weighted by Crippen LogP contribution is 2.07. The van der Waals surface area contributed by atoms with E-state index in [2.05, 4.69) is 6.92 Å². The maximum atomic E-state index is 11.8. The average Bonchev–Trinajstić information content (AvgIpc) is 2.30. The van der Waals surface area contributed by atoms with Crippen molar-refractivity contribution in [1.82, 2.24) is 4.90 Å². The van der Waals surface area contributed by atoms with E-state index in [0.29, 0.717) is 31.7 Å². The molecule has 1 aliphatic heterocycles. The van der Waals surface area contributed by atoms with E-state index in [1.165, 1.54) is 0 Å². The molecule has 1 saturated heterocycles. The fourth-order valence-electron chi connectivity index (χ4n) is 1.82. The van der Waals surface area contributed by atoms with E-state index in [1.807, 2.05) is 0 Å². The molecule has 0 aliphatic carbocycles. The molecule has 1 rings (SSSR count). The zero-order valence-corrected chi connectivity index (χ0v) is 11.3. The van der Waals surface area contributed by atoms with Gasteiger partial charge in [-0.05, 0) is 6.42 Å². The smallest absolute Gasteiger partial charge is 0.235 e. The normalized spacial score (nSPS) is 18.2. The van der Waals surface area contributed by atoms with E-state index < -0.39 is 10.8 Å². The Morgan fingerprint density at radius 2 is 1.94 bits per heavy atom. The zero-order chi connectivity index (χ0) is 12.7. The fourth-order valence-corrected chi connectivity index (χ4v) is 2.95. The third kappa shape index (κ3) is 5.44. The van der Waals surface area contributed by atoms with E-state index in [0.717, 1.165) is 19.3 Å². The van der Waals surface area contributed by atoms with Crippen molar-refractivity contribution in [3.05, 3.63) is 0 Å². The summed E-state index contributed by atoms with van der Waals surface area (Å²) in [5, 5.41) is 0. The number of carbonyl (C=O) groups is 2. The van der Waals surface area contributed by atoms with Gasteiger partial charge in [-0.2, -0.15) is 0 Å². The van der Waals surface area contributed by atoms with Crippen LogP contribution in [-0.2, 0) is 20.4 Å². The number of piperidine rings is 1. The molecule has 0 bridgehead atoms. The molecule has 17 heavy (non-hydrogen) atoms. The number of hydrogen-bond acceptors (Lipinski definition) is 3. The monoisotopic (exact) mass is 259 g/mol. The molecule has 0 radical (unpaired) electrons. The topological polar surface area (TPSA) is 54.5 Å². The van der Waals surface area contributed by atoms with Gasteiger partial charge in [-0.1, -0.05) is 19.8 Å². The average molecular weight is 259 g/mol. The molecule has 1 heterocycles. The number of likely N-dealkylation sites (tertiary alicyclic amines) is 1. The van der Waals surface area contributed by atoms with Gasteiger partial charge < -0.3 is 4.90 Å². The van der Waals surface area contributed by atoms with Crippen LogP contribution >= 0.6 is 0 Å². The second-order valence-corrected chi connectivity index (χ2v) is 5.99. The number of nitrogens with zero attached hydrogens (tertiary/aromatic N) is 1. The molecule has 1 aliphatic rings. The molecule has 1 amide bonds. The van der Waals surface area contributed by atoms with Gasteiger partial charge in [-0.25, -0.2) is 0 Å². The van der Waals surface area contributed by atoms with Crippen LogP contribution in [0, 0.1) is 0 Å². The number of ketones is 1. The number of amides is 1. The van der Waals surface area contributed by atoms with Crippen LogP contribution in [0.3, 0.4) is 0 Å². The lowest BCUT2D eigenvalue weighted by Crippen LogP contribution is -2.41. The standard InChI is InChI=1S/C12H21NO3S/c1-2-3-4-9-17(16)10-12(15)13-7-5-11(14)6-8-13/h2-10H2,1H3. The quantitative estimate of drug-likeness (QED) is 0.672. The molecule has 1 fully saturated rings. The minimum atomic E-state index is -1.04. The summed E-state index contributed by atoms with van der Waals surface area (Å²) in [4.78, 5) is 24.5. The van der Waals surface area contributed by atoms with Gasteiger partial charge in [0.1, 0.15) is 11.5 Å². The van der Waals surface area contributed by atoms with Gasteiger partial charge in [0.05, 0.1) is 0 Å². The van der Waals surface area contributed by atoms with Gasteiger partial charge >= 0.3 is 0 Å². The van der Waals surface area contributed by atoms with Crippen LogP contribution in [0.4, 0.5) is 0 Å². The molecular formula is C12H21NO3S. The molecular weight excluding hydrogens is 238 g/mol. The molecule has 0 aromatic rings. The predicted octanol–water partition coefficient (Wildman–Crippen LogP) is 1.12. The number of unbranched alkanes of at least 4 members (excludes halogenated alkanes) is 2. The molecule has 0 spiro atoms. The van der Waals surface area contributed by atoms with Crippen LogP contribution < -0.4 is 0 Å². The van der Waals surface area contributed by atoms with Crippen molar-refractivity contribution in [2.75, 3.05) is 24.6 Å². The highest BCUT2D eigenvalue weighted by Gasteiger charge is 2.21. The Bertz CT molecular complexity index is 294. The van der Waals surface area contributed by atoms with Gasteiger partial charge in [-0.3, -0.25) is 13.8 Å². The Balaban J connectivity index is 2.24. The number of carbonyl (C=O) groups excluding carboxylic acids is 2. The third-order valence-electron chi connectivity index (χ3n) is 2.93. The Morgan fingerprint density at radius 3 is 2.53 bits per heavy atom. The predicted molar refractivity (Wildman–Crippen MR) is 68.2 cm³/mol. The van der Waals surface area contributed by atoms with Crippen molar-refractivity contribution >= 4 is 22.5 Å². The van der Waals surface area contributed by atoms with Crippen molar-refractivity contribution in [1.29, 1.82) is 0 Å². The van der Waals surface area contributed by atoms with E-state index in [1.54, 1.807) is 4.90 Å². The molecule has 1 atom stereocenters. The lowest BCUT2D eigenvalue weighted by atomic mass is 10.1. The van der Waals surface area contributed by atoms with Crippen LogP contribution in [0.25, 0.3) is 0 Å². The van der Waals surface area contributed by atoms with Crippen LogP contribution in [0.1, 0.15) is 39.0 Å². The van der Waals surface area contributed by atoms with E-state index in [4.69, 9.17) is 0 Å². The van der Waals surface area contributed by atoms with Crippen LogP contribution in [0.5, 0.6) is 0 Å².